The lowest BCUT2D eigenvalue weighted by Gasteiger charge is -2.09. The van der Waals surface area contributed by atoms with Gasteiger partial charge in [0.25, 0.3) is 5.91 Å². The summed E-state index contributed by atoms with van der Waals surface area (Å²) in [4.78, 5) is 35.9. The molecule has 3 aromatic rings. The molecule has 0 unspecified atom stereocenters. The highest BCUT2D eigenvalue weighted by Crippen LogP contribution is 2.13. The molecule has 0 aliphatic carbocycles. The van der Waals surface area contributed by atoms with Crippen LogP contribution in [0.4, 0.5) is 17.5 Å². The van der Waals surface area contributed by atoms with Crippen molar-refractivity contribution in [2.45, 2.75) is 6.92 Å². The number of anilines is 3. The molecule has 8 nitrogen and oxygen atoms in total. The summed E-state index contributed by atoms with van der Waals surface area (Å²) in [6.45, 7) is 2.41. The highest BCUT2D eigenvalue weighted by molar-refractivity contribution is 5.97. The second kappa shape index (κ2) is 9.22. The summed E-state index contributed by atoms with van der Waals surface area (Å²) < 4.78 is 0. The Morgan fingerprint density at radius 3 is 2.32 bits per heavy atom. The first kappa shape index (κ1) is 19.0. The summed E-state index contributed by atoms with van der Waals surface area (Å²) in [5.74, 6) is 1.71. The van der Waals surface area contributed by atoms with Gasteiger partial charge in [0.05, 0.1) is 0 Å². The minimum Gasteiger partial charge on any atom is -0.368 e. The number of nitrogens with one attached hydrogen (secondary N) is 3. The van der Waals surface area contributed by atoms with Crippen molar-refractivity contribution in [3.8, 4) is 0 Å². The molecule has 0 saturated heterocycles. The topological polar surface area (TPSA) is 109 Å². The third-order valence-corrected chi connectivity index (χ3v) is 3.86. The van der Waals surface area contributed by atoms with Crippen LogP contribution in [-0.2, 0) is 0 Å². The molecule has 1 amide bonds. The Kier molecular flexibility index (Phi) is 6.25. The van der Waals surface area contributed by atoms with Crippen LogP contribution in [0.15, 0.2) is 61.1 Å². The van der Waals surface area contributed by atoms with Crippen LogP contribution >= 0.6 is 0 Å². The first-order chi connectivity index (χ1) is 13.6. The molecule has 0 radical (unpaired) electrons. The zero-order valence-electron chi connectivity index (χ0n) is 15.3. The molecule has 0 aliphatic heterocycles. The number of Topliss-reactive ketones (excluding diaryl/α,β-unsaturated/α-hetero) is 1. The molecule has 2 aromatic heterocycles. The van der Waals surface area contributed by atoms with Crippen molar-refractivity contribution in [3.63, 3.8) is 0 Å². The summed E-state index contributed by atoms with van der Waals surface area (Å²) in [7, 11) is 0. The van der Waals surface area contributed by atoms with E-state index in [9.17, 15) is 9.59 Å². The fourth-order valence-corrected chi connectivity index (χ4v) is 2.42. The second-order valence-electron chi connectivity index (χ2n) is 5.94. The SMILES string of the molecule is CC(=O)c1ccc(C(=O)NCCNc2cc(Nc3ccccn3)ncn2)cc1. The molecule has 142 valence electrons. The summed E-state index contributed by atoms with van der Waals surface area (Å²) in [6.07, 6.45) is 3.14. The number of rotatable bonds is 8. The Labute approximate surface area is 162 Å². The molecule has 28 heavy (non-hydrogen) atoms. The van der Waals surface area contributed by atoms with Gasteiger partial charge in [-0.05, 0) is 31.2 Å². The molecule has 0 bridgehead atoms. The number of pyridine rings is 1. The van der Waals surface area contributed by atoms with Crippen LogP contribution in [0.3, 0.4) is 0 Å². The molecule has 0 fully saturated rings. The monoisotopic (exact) mass is 376 g/mol. The van der Waals surface area contributed by atoms with Gasteiger partial charge in [-0.2, -0.15) is 0 Å². The quantitative estimate of drug-likeness (QED) is 0.410. The fourth-order valence-electron chi connectivity index (χ4n) is 2.42. The number of benzene rings is 1. The average Bonchev–Trinajstić information content (AvgIpc) is 2.72. The number of ketones is 1. The van der Waals surface area contributed by atoms with Crippen LogP contribution in [0, 0.1) is 0 Å². The smallest absolute Gasteiger partial charge is 0.251 e. The molecule has 0 spiro atoms. The van der Waals surface area contributed by atoms with Crippen molar-refractivity contribution in [2.75, 3.05) is 23.7 Å². The molecule has 3 N–H and O–H groups in total. The Morgan fingerprint density at radius 2 is 1.61 bits per heavy atom. The van der Waals surface area contributed by atoms with Crippen molar-refractivity contribution in [1.82, 2.24) is 20.3 Å². The first-order valence-corrected chi connectivity index (χ1v) is 8.75. The van der Waals surface area contributed by atoms with E-state index in [4.69, 9.17) is 0 Å². The van der Waals surface area contributed by atoms with E-state index in [2.05, 4.69) is 30.9 Å². The summed E-state index contributed by atoms with van der Waals surface area (Å²) in [5, 5.41) is 9.04. The fraction of sp³-hybridized carbons (Fsp3) is 0.150. The van der Waals surface area contributed by atoms with E-state index in [0.717, 1.165) is 0 Å². The molecular weight excluding hydrogens is 356 g/mol. The van der Waals surface area contributed by atoms with Crippen LogP contribution < -0.4 is 16.0 Å². The predicted octanol–water partition coefficient (Wildman–Crippen LogP) is 2.66. The van der Waals surface area contributed by atoms with Crippen molar-refractivity contribution >= 4 is 29.1 Å². The van der Waals surface area contributed by atoms with E-state index in [1.54, 1.807) is 36.5 Å². The molecular formula is C20H20N6O2. The van der Waals surface area contributed by atoms with Crippen molar-refractivity contribution in [1.29, 1.82) is 0 Å². The number of hydrogen-bond donors (Lipinski definition) is 3. The van der Waals surface area contributed by atoms with Crippen LogP contribution in [0.1, 0.15) is 27.6 Å². The van der Waals surface area contributed by atoms with E-state index in [1.165, 1.54) is 13.3 Å². The average molecular weight is 376 g/mol. The van der Waals surface area contributed by atoms with Crippen molar-refractivity contribution in [2.24, 2.45) is 0 Å². The standard InChI is InChI=1S/C20H20N6O2/c1-14(27)15-5-7-16(8-6-15)20(28)23-11-10-22-18-12-19(25-13-24-18)26-17-4-2-3-9-21-17/h2-9,12-13H,10-11H2,1H3,(H,23,28)(H2,21,22,24,25,26). The maximum Gasteiger partial charge on any atom is 0.251 e. The number of carbonyl (C=O) groups excluding carboxylic acids is 2. The Bertz CT molecular complexity index is 944. The van der Waals surface area contributed by atoms with Gasteiger partial charge >= 0.3 is 0 Å². The lowest BCUT2D eigenvalue weighted by Crippen LogP contribution is -2.28. The van der Waals surface area contributed by atoms with Crippen molar-refractivity contribution < 1.29 is 9.59 Å². The van der Waals surface area contributed by atoms with Crippen molar-refractivity contribution in [3.05, 3.63) is 72.2 Å². The van der Waals surface area contributed by atoms with Gasteiger partial charge < -0.3 is 16.0 Å². The third kappa shape index (κ3) is 5.34. The largest absolute Gasteiger partial charge is 0.368 e. The maximum absolute atomic E-state index is 12.1. The number of nitrogens with zero attached hydrogens (tertiary/aromatic N) is 3. The molecule has 2 heterocycles. The first-order valence-electron chi connectivity index (χ1n) is 8.75. The van der Waals surface area contributed by atoms with E-state index in [-0.39, 0.29) is 11.7 Å². The maximum atomic E-state index is 12.1. The van der Waals surface area contributed by atoms with Gasteiger partial charge in [-0.3, -0.25) is 9.59 Å². The molecule has 0 atom stereocenters. The van der Waals surface area contributed by atoms with Crippen LogP contribution in [0.2, 0.25) is 0 Å². The van der Waals surface area contributed by atoms with Gasteiger partial charge in [-0.25, -0.2) is 15.0 Å². The molecule has 0 aliphatic rings. The van der Waals surface area contributed by atoms with Crippen LogP contribution in [0.25, 0.3) is 0 Å². The van der Waals surface area contributed by atoms with E-state index in [0.29, 0.717) is 41.7 Å². The molecule has 0 saturated carbocycles. The number of aromatic nitrogens is 3. The molecule has 1 aromatic carbocycles. The van der Waals surface area contributed by atoms with Crippen LogP contribution in [0.5, 0.6) is 0 Å². The van der Waals surface area contributed by atoms with Gasteiger partial charge in [0.1, 0.15) is 23.8 Å². The lowest BCUT2D eigenvalue weighted by molar-refractivity contribution is 0.0953. The van der Waals surface area contributed by atoms with Gasteiger partial charge in [-0.15, -0.1) is 0 Å². The minimum atomic E-state index is -0.197. The highest BCUT2D eigenvalue weighted by Gasteiger charge is 2.06. The molecule has 8 heteroatoms. The van der Waals surface area contributed by atoms with Gasteiger partial charge in [-0.1, -0.05) is 18.2 Å². The number of hydrogen-bond acceptors (Lipinski definition) is 7. The van der Waals surface area contributed by atoms with Gasteiger partial charge in [0, 0.05) is 36.5 Å². The van der Waals surface area contributed by atoms with Crippen LogP contribution in [-0.4, -0.2) is 39.7 Å². The Morgan fingerprint density at radius 1 is 0.857 bits per heavy atom. The van der Waals surface area contributed by atoms with E-state index < -0.39 is 0 Å². The normalized spacial score (nSPS) is 10.2. The van der Waals surface area contributed by atoms with E-state index in [1.807, 2.05) is 18.2 Å². The second-order valence-corrected chi connectivity index (χ2v) is 5.94. The summed E-state index contributed by atoms with van der Waals surface area (Å²) in [6, 6.07) is 13.9. The number of carbonyl (C=O) groups is 2. The third-order valence-electron chi connectivity index (χ3n) is 3.86. The lowest BCUT2D eigenvalue weighted by atomic mass is 10.1. The van der Waals surface area contributed by atoms with Gasteiger partial charge in [0.2, 0.25) is 0 Å². The Balaban J connectivity index is 1.46. The van der Waals surface area contributed by atoms with E-state index >= 15 is 0 Å². The highest BCUT2D eigenvalue weighted by atomic mass is 16.1. The summed E-state index contributed by atoms with van der Waals surface area (Å²) in [5.41, 5.74) is 1.09. The minimum absolute atomic E-state index is 0.0297. The molecule has 3 rings (SSSR count). The number of amides is 1. The zero-order chi connectivity index (χ0) is 19.8. The predicted molar refractivity (Wildman–Crippen MR) is 107 cm³/mol. The van der Waals surface area contributed by atoms with Gasteiger partial charge in [0.15, 0.2) is 5.78 Å². The zero-order valence-corrected chi connectivity index (χ0v) is 15.3. The summed E-state index contributed by atoms with van der Waals surface area (Å²) >= 11 is 0. The Hall–Kier alpha value is -3.81.